The maximum Gasteiger partial charge on any atom is 0.243 e. The molecule has 102 valence electrons. The molecule has 0 saturated heterocycles. The third-order valence-corrected chi connectivity index (χ3v) is 4.96. The van der Waals surface area contributed by atoms with E-state index in [4.69, 9.17) is 0 Å². The van der Waals surface area contributed by atoms with Crippen molar-refractivity contribution in [3.8, 4) is 0 Å². The molecule has 0 fully saturated rings. The van der Waals surface area contributed by atoms with Gasteiger partial charge in [-0.3, -0.25) is 0 Å². The zero-order valence-corrected chi connectivity index (χ0v) is 11.2. The van der Waals surface area contributed by atoms with Crippen molar-refractivity contribution >= 4 is 20.0 Å². The average Bonchev–Trinajstić information content (AvgIpc) is 2.29. The van der Waals surface area contributed by atoms with Crippen LogP contribution in [0.4, 0.5) is 4.39 Å². The predicted octanol–water partition coefficient (Wildman–Crippen LogP) is -0.347. The van der Waals surface area contributed by atoms with Crippen LogP contribution in [0.1, 0.15) is 0 Å². The lowest BCUT2D eigenvalue weighted by molar-refractivity contribution is 0.558. The molecule has 0 aromatic heterocycles. The van der Waals surface area contributed by atoms with Gasteiger partial charge in [0.15, 0.2) is 0 Å². The van der Waals surface area contributed by atoms with E-state index in [0.29, 0.717) is 0 Å². The molecule has 0 atom stereocenters. The van der Waals surface area contributed by atoms with Crippen LogP contribution >= 0.6 is 0 Å². The Morgan fingerprint density at radius 3 is 2.33 bits per heavy atom. The minimum absolute atomic E-state index is 0.333. The van der Waals surface area contributed by atoms with Crippen molar-refractivity contribution in [1.29, 1.82) is 0 Å². The van der Waals surface area contributed by atoms with Gasteiger partial charge in [0.1, 0.15) is 10.7 Å². The lowest BCUT2D eigenvalue weighted by Gasteiger charge is -2.07. The van der Waals surface area contributed by atoms with Crippen molar-refractivity contribution in [1.82, 2.24) is 9.44 Å². The molecular formula is C9H13FN2O4S2. The fraction of sp³-hybridized carbons (Fsp3) is 0.333. The molecule has 0 spiro atoms. The molecule has 0 saturated carbocycles. The third-order valence-electron chi connectivity index (χ3n) is 2.10. The van der Waals surface area contributed by atoms with Crippen molar-refractivity contribution in [3.63, 3.8) is 0 Å². The van der Waals surface area contributed by atoms with Gasteiger partial charge in [0.05, 0.1) is 5.75 Å². The van der Waals surface area contributed by atoms with E-state index in [9.17, 15) is 21.2 Å². The van der Waals surface area contributed by atoms with Gasteiger partial charge in [-0.25, -0.2) is 30.7 Å². The van der Waals surface area contributed by atoms with E-state index >= 15 is 0 Å². The molecule has 0 aliphatic carbocycles. The highest BCUT2D eigenvalue weighted by Gasteiger charge is 2.18. The molecule has 0 radical (unpaired) electrons. The minimum Gasteiger partial charge on any atom is -0.218 e. The highest BCUT2D eigenvalue weighted by Crippen LogP contribution is 2.12. The number of hydrogen-bond acceptors (Lipinski definition) is 4. The molecule has 0 aliphatic rings. The highest BCUT2D eigenvalue weighted by atomic mass is 32.2. The first-order chi connectivity index (χ1) is 8.28. The van der Waals surface area contributed by atoms with E-state index in [1.54, 1.807) is 0 Å². The summed E-state index contributed by atoms with van der Waals surface area (Å²) in [5, 5.41) is 0. The Labute approximate surface area is 105 Å². The highest BCUT2D eigenvalue weighted by molar-refractivity contribution is 7.90. The van der Waals surface area contributed by atoms with Crippen LogP contribution in [0, 0.1) is 5.82 Å². The molecule has 1 rings (SSSR count). The van der Waals surface area contributed by atoms with Crippen LogP contribution in [-0.2, 0) is 20.0 Å². The fourth-order valence-electron chi connectivity index (χ4n) is 1.15. The molecule has 2 N–H and O–H groups in total. The smallest absolute Gasteiger partial charge is 0.218 e. The summed E-state index contributed by atoms with van der Waals surface area (Å²) in [6.07, 6.45) is 0. The maximum absolute atomic E-state index is 13.3. The SMILES string of the molecule is CNS(=O)(=O)CCNS(=O)(=O)c1ccccc1F. The number of sulfonamides is 2. The van der Waals surface area contributed by atoms with E-state index in [1.807, 2.05) is 9.44 Å². The van der Waals surface area contributed by atoms with Crippen molar-refractivity contribution < 1.29 is 21.2 Å². The van der Waals surface area contributed by atoms with Gasteiger partial charge in [0.2, 0.25) is 20.0 Å². The van der Waals surface area contributed by atoms with E-state index in [0.717, 1.165) is 12.1 Å². The molecule has 9 heteroatoms. The zero-order chi connectivity index (χ0) is 13.8. The van der Waals surface area contributed by atoms with Gasteiger partial charge in [-0.05, 0) is 19.2 Å². The molecule has 1 aromatic carbocycles. The lowest BCUT2D eigenvalue weighted by atomic mass is 10.4. The van der Waals surface area contributed by atoms with Crippen LogP contribution in [0.15, 0.2) is 29.2 Å². The standard InChI is InChI=1S/C9H13FN2O4S2/c1-11-17(13,14)7-6-12-18(15,16)9-5-3-2-4-8(9)10/h2-5,11-12H,6-7H2,1H3. The second-order valence-electron chi connectivity index (χ2n) is 3.35. The maximum atomic E-state index is 13.3. The van der Waals surface area contributed by atoms with Gasteiger partial charge in [-0.15, -0.1) is 0 Å². The van der Waals surface area contributed by atoms with Gasteiger partial charge >= 0.3 is 0 Å². The summed E-state index contributed by atoms with van der Waals surface area (Å²) in [6, 6.07) is 4.85. The molecule has 6 nitrogen and oxygen atoms in total. The Kier molecular flexibility index (Phi) is 4.79. The molecule has 0 bridgehead atoms. The zero-order valence-electron chi connectivity index (χ0n) is 9.55. The molecule has 1 aromatic rings. The van der Waals surface area contributed by atoms with Crippen LogP contribution in [0.5, 0.6) is 0 Å². The normalized spacial score (nSPS) is 12.6. The van der Waals surface area contributed by atoms with Crippen LogP contribution in [0.25, 0.3) is 0 Å². The Balaban J connectivity index is 2.76. The Morgan fingerprint density at radius 1 is 1.17 bits per heavy atom. The topological polar surface area (TPSA) is 92.3 Å². The molecule has 18 heavy (non-hydrogen) atoms. The Bertz CT molecular complexity index is 613. The second-order valence-corrected chi connectivity index (χ2v) is 7.13. The largest absolute Gasteiger partial charge is 0.243 e. The first-order valence-corrected chi connectivity index (χ1v) is 8.07. The quantitative estimate of drug-likeness (QED) is 0.751. The third kappa shape index (κ3) is 4.02. The van der Waals surface area contributed by atoms with Crippen molar-refractivity contribution in [3.05, 3.63) is 30.1 Å². The summed E-state index contributed by atoms with van der Waals surface area (Å²) in [5.41, 5.74) is 0. The first-order valence-electron chi connectivity index (χ1n) is 4.94. The summed E-state index contributed by atoms with van der Waals surface area (Å²) < 4.78 is 62.8. The number of halogens is 1. The predicted molar refractivity (Wildman–Crippen MR) is 64.4 cm³/mol. The molecule has 0 heterocycles. The van der Waals surface area contributed by atoms with Gasteiger partial charge < -0.3 is 0 Å². The fourth-order valence-corrected chi connectivity index (χ4v) is 2.97. The van der Waals surface area contributed by atoms with E-state index in [2.05, 4.69) is 0 Å². The van der Waals surface area contributed by atoms with Crippen LogP contribution in [0.3, 0.4) is 0 Å². The van der Waals surface area contributed by atoms with Crippen LogP contribution in [-0.4, -0.2) is 36.2 Å². The summed E-state index contributed by atoms with van der Waals surface area (Å²) >= 11 is 0. The van der Waals surface area contributed by atoms with Crippen LogP contribution < -0.4 is 9.44 Å². The Hall–Kier alpha value is -1.03. The lowest BCUT2D eigenvalue weighted by Crippen LogP contribution is -2.33. The van der Waals surface area contributed by atoms with Gasteiger partial charge in [-0.2, -0.15) is 0 Å². The Morgan fingerprint density at radius 2 is 1.78 bits per heavy atom. The summed E-state index contributed by atoms with van der Waals surface area (Å²) in [6.45, 7) is -0.333. The summed E-state index contributed by atoms with van der Waals surface area (Å²) in [4.78, 5) is -0.508. The van der Waals surface area contributed by atoms with Gasteiger partial charge in [0, 0.05) is 6.54 Å². The summed E-state index contributed by atoms with van der Waals surface area (Å²) in [5.74, 6) is -1.31. The molecule has 0 aliphatic heterocycles. The van der Waals surface area contributed by atoms with Crippen molar-refractivity contribution in [2.45, 2.75) is 4.90 Å². The first kappa shape index (κ1) is 15.0. The molecular weight excluding hydrogens is 283 g/mol. The molecule has 0 unspecified atom stereocenters. The van der Waals surface area contributed by atoms with E-state index in [1.165, 1.54) is 19.2 Å². The monoisotopic (exact) mass is 296 g/mol. The van der Waals surface area contributed by atoms with Crippen LogP contribution in [0.2, 0.25) is 0 Å². The van der Waals surface area contributed by atoms with Crippen molar-refractivity contribution in [2.75, 3.05) is 19.3 Å². The minimum atomic E-state index is -4.04. The second kappa shape index (κ2) is 5.74. The van der Waals surface area contributed by atoms with Gasteiger partial charge in [0.25, 0.3) is 0 Å². The van der Waals surface area contributed by atoms with Gasteiger partial charge in [-0.1, -0.05) is 12.1 Å². The van der Waals surface area contributed by atoms with E-state index in [-0.39, 0.29) is 6.54 Å². The molecule has 0 amide bonds. The number of hydrogen-bond donors (Lipinski definition) is 2. The van der Waals surface area contributed by atoms with E-state index < -0.39 is 36.5 Å². The summed E-state index contributed by atoms with van der Waals surface area (Å²) in [7, 11) is -6.32. The average molecular weight is 296 g/mol. The number of nitrogens with one attached hydrogen (secondary N) is 2. The van der Waals surface area contributed by atoms with Crippen molar-refractivity contribution in [2.24, 2.45) is 0 Å². The number of rotatable bonds is 6. The number of benzene rings is 1.